The number of ether oxygens (including phenoxy) is 1. The minimum absolute atomic E-state index is 0.174. The van der Waals surface area contributed by atoms with E-state index in [0.29, 0.717) is 35.1 Å². The fourth-order valence-corrected chi connectivity index (χ4v) is 2.15. The van der Waals surface area contributed by atoms with Gasteiger partial charge >= 0.3 is 5.63 Å². The Labute approximate surface area is 126 Å². The van der Waals surface area contributed by atoms with Gasteiger partial charge in [0.1, 0.15) is 11.3 Å². The van der Waals surface area contributed by atoms with E-state index >= 15 is 0 Å². The van der Waals surface area contributed by atoms with E-state index in [0.717, 1.165) is 10.9 Å². The third kappa shape index (κ3) is 2.59. The Kier molecular flexibility index (Phi) is 3.66. The zero-order valence-electron chi connectivity index (χ0n) is 12.7. The minimum atomic E-state index is -0.327. The normalized spacial score (nSPS) is 11.0. The molecule has 6 heteroatoms. The average Bonchev–Trinajstić information content (AvgIpc) is 2.98. The number of rotatable bonds is 4. The summed E-state index contributed by atoms with van der Waals surface area (Å²) in [7, 11) is 0. The Morgan fingerprint density at radius 2 is 1.86 bits per heavy atom. The molecular weight excluding hydrogens is 284 g/mol. The second kappa shape index (κ2) is 5.63. The summed E-state index contributed by atoms with van der Waals surface area (Å²) in [6.07, 6.45) is 0.687. The first kappa shape index (κ1) is 14.3. The number of nitrogens with zero attached hydrogens (tertiary/aromatic N) is 2. The lowest BCUT2D eigenvalue weighted by Gasteiger charge is -2.07. The van der Waals surface area contributed by atoms with Crippen molar-refractivity contribution < 1.29 is 13.6 Å². The Balaban J connectivity index is 1.86. The van der Waals surface area contributed by atoms with Gasteiger partial charge in [-0.3, -0.25) is 0 Å². The number of hydrogen-bond donors (Lipinski definition) is 0. The highest BCUT2D eigenvalue weighted by atomic mass is 16.5. The molecule has 0 aliphatic carbocycles. The highest BCUT2D eigenvalue weighted by molar-refractivity contribution is 5.82. The fraction of sp³-hybridized carbons (Fsp3) is 0.312. The van der Waals surface area contributed by atoms with Crippen LogP contribution in [-0.2, 0) is 13.0 Å². The third-order valence-electron chi connectivity index (χ3n) is 3.60. The van der Waals surface area contributed by atoms with Crippen LogP contribution in [0.15, 0.2) is 31.8 Å². The van der Waals surface area contributed by atoms with Crippen LogP contribution >= 0.6 is 0 Å². The smallest absolute Gasteiger partial charge is 0.339 e. The highest BCUT2D eigenvalue weighted by Crippen LogP contribution is 2.24. The summed E-state index contributed by atoms with van der Waals surface area (Å²) in [5.74, 6) is 1.57. The van der Waals surface area contributed by atoms with Crippen LogP contribution in [0.25, 0.3) is 11.0 Å². The summed E-state index contributed by atoms with van der Waals surface area (Å²) in [6.45, 7) is 5.77. The van der Waals surface area contributed by atoms with E-state index < -0.39 is 0 Å². The molecular formula is C16H16N2O4. The van der Waals surface area contributed by atoms with Gasteiger partial charge in [0.25, 0.3) is 5.89 Å². The quantitative estimate of drug-likeness (QED) is 0.689. The fourth-order valence-electron chi connectivity index (χ4n) is 2.15. The molecule has 0 spiro atoms. The molecule has 0 fully saturated rings. The van der Waals surface area contributed by atoms with Gasteiger partial charge in [-0.05, 0) is 31.5 Å². The van der Waals surface area contributed by atoms with E-state index in [2.05, 4.69) is 10.2 Å². The van der Waals surface area contributed by atoms with Crippen molar-refractivity contribution >= 4 is 11.0 Å². The predicted octanol–water partition coefficient (Wildman–Crippen LogP) is 2.93. The van der Waals surface area contributed by atoms with Gasteiger partial charge in [-0.15, -0.1) is 10.2 Å². The van der Waals surface area contributed by atoms with Crippen LogP contribution in [0.5, 0.6) is 5.75 Å². The van der Waals surface area contributed by atoms with Gasteiger partial charge in [-0.25, -0.2) is 4.79 Å². The number of fused-ring (bicyclic) bond motifs is 1. The third-order valence-corrected chi connectivity index (χ3v) is 3.60. The molecule has 0 aliphatic heterocycles. The van der Waals surface area contributed by atoms with Crippen molar-refractivity contribution in [3.8, 4) is 5.75 Å². The lowest BCUT2D eigenvalue weighted by molar-refractivity contribution is 0.259. The first-order valence-electron chi connectivity index (χ1n) is 7.06. The summed E-state index contributed by atoms with van der Waals surface area (Å²) >= 11 is 0. The Morgan fingerprint density at radius 3 is 2.59 bits per heavy atom. The van der Waals surface area contributed by atoms with Gasteiger partial charge in [-0.1, -0.05) is 6.92 Å². The van der Waals surface area contributed by atoms with Crippen molar-refractivity contribution in [1.29, 1.82) is 0 Å². The molecule has 3 rings (SSSR count). The molecule has 6 nitrogen and oxygen atoms in total. The molecule has 1 aromatic carbocycles. The Bertz CT molecular complexity index is 879. The van der Waals surface area contributed by atoms with E-state index in [4.69, 9.17) is 13.6 Å². The Morgan fingerprint density at radius 1 is 1.09 bits per heavy atom. The van der Waals surface area contributed by atoms with E-state index in [1.807, 2.05) is 26.0 Å². The van der Waals surface area contributed by atoms with Gasteiger partial charge in [0.15, 0.2) is 6.61 Å². The summed E-state index contributed by atoms with van der Waals surface area (Å²) in [6, 6.07) is 5.40. The molecule has 3 aromatic rings. The van der Waals surface area contributed by atoms with E-state index in [1.54, 1.807) is 13.0 Å². The number of aromatic nitrogens is 2. The largest absolute Gasteiger partial charge is 0.484 e. The van der Waals surface area contributed by atoms with Crippen molar-refractivity contribution in [2.75, 3.05) is 0 Å². The van der Waals surface area contributed by atoms with Crippen molar-refractivity contribution in [3.05, 3.63) is 51.5 Å². The van der Waals surface area contributed by atoms with Gasteiger partial charge in [-0.2, -0.15) is 0 Å². The van der Waals surface area contributed by atoms with Crippen LogP contribution in [0.2, 0.25) is 0 Å². The standard InChI is InChI=1S/C16H16N2O4/c1-4-14-17-18-15(22-14)8-20-11-5-6-12-9(2)10(3)16(19)21-13(12)7-11/h5-7H,4,8H2,1-3H3. The van der Waals surface area contributed by atoms with Crippen LogP contribution in [0.1, 0.15) is 29.8 Å². The van der Waals surface area contributed by atoms with Crippen LogP contribution in [0, 0.1) is 13.8 Å². The maximum atomic E-state index is 11.7. The molecule has 0 amide bonds. The SMILES string of the molecule is CCc1nnc(COc2ccc3c(C)c(C)c(=O)oc3c2)o1. The van der Waals surface area contributed by atoms with Gasteiger partial charge < -0.3 is 13.6 Å². The van der Waals surface area contributed by atoms with Crippen molar-refractivity contribution in [3.63, 3.8) is 0 Å². The molecule has 0 saturated heterocycles. The first-order valence-corrected chi connectivity index (χ1v) is 7.06. The number of hydrogen-bond acceptors (Lipinski definition) is 6. The molecule has 0 aliphatic rings. The first-order chi connectivity index (χ1) is 10.6. The molecule has 22 heavy (non-hydrogen) atoms. The van der Waals surface area contributed by atoms with Crippen LogP contribution in [0.4, 0.5) is 0 Å². The number of benzene rings is 1. The molecule has 0 N–H and O–H groups in total. The zero-order chi connectivity index (χ0) is 15.7. The van der Waals surface area contributed by atoms with Crippen molar-refractivity contribution in [2.45, 2.75) is 33.8 Å². The van der Waals surface area contributed by atoms with Gasteiger partial charge in [0.05, 0.1) is 0 Å². The second-order valence-corrected chi connectivity index (χ2v) is 5.03. The summed E-state index contributed by atoms with van der Waals surface area (Å²) < 4.78 is 16.3. The molecule has 0 saturated carbocycles. The van der Waals surface area contributed by atoms with E-state index in [1.165, 1.54) is 0 Å². The van der Waals surface area contributed by atoms with Crippen LogP contribution in [-0.4, -0.2) is 10.2 Å². The molecule has 0 bridgehead atoms. The monoisotopic (exact) mass is 300 g/mol. The van der Waals surface area contributed by atoms with Gasteiger partial charge in [0.2, 0.25) is 5.89 Å². The molecule has 114 valence electrons. The van der Waals surface area contributed by atoms with Crippen molar-refractivity contribution in [2.24, 2.45) is 0 Å². The molecule has 0 unspecified atom stereocenters. The van der Waals surface area contributed by atoms with E-state index in [-0.39, 0.29) is 12.2 Å². The summed E-state index contributed by atoms with van der Waals surface area (Å²) in [5.41, 5.74) is 1.72. The lowest BCUT2D eigenvalue weighted by atomic mass is 10.1. The van der Waals surface area contributed by atoms with Gasteiger partial charge in [0, 0.05) is 23.4 Å². The maximum absolute atomic E-state index is 11.7. The Hall–Kier alpha value is -2.63. The minimum Gasteiger partial charge on any atom is -0.484 e. The maximum Gasteiger partial charge on any atom is 0.339 e. The topological polar surface area (TPSA) is 78.4 Å². The van der Waals surface area contributed by atoms with Crippen LogP contribution < -0.4 is 10.4 Å². The summed E-state index contributed by atoms with van der Waals surface area (Å²) in [5, 5.41) is 8.66. The predicted molar refractivity (Wildman–Crippen MR) is 80.0 cm³/mol. The molecule has 0 radical (unpaired) electrons. The lowest BCUT2D eigenvalue weighted by Crippen LogP contribution is -2.05. The summed E-state index contributed by atoms with van der Waals surface area (Å²) in [4.78, 5) is 11.7. The van der Waals surface area contributed by atoms with Crippen LogP contribution in [0.3, 0.4) is 0 Å². The van der Waals surface area contributed by atoms with E-state index in [9.17, 15) is 4.79 Å². The average molecular weight is 300 g/mol. The zero-order valence-corrected chi connectivity index (χ0v) is 12.7. The highest BCUT2D eigenvalue weighted by Gasteiger charge is 2.09. The number of aryl methyl sites for hydroxylation is 2. The molecule has 0 atom stereocenters. The molecule has 2 heterocycles. The van der Waals surface area contributed by atoms with Crippen molar-refractivity contribution in [1.82, 2.24) is 10.2 Å². The molecule has 2 aromatic heterocycles. The second-order valence-electron chi connectivity index (χ2n) is 5.03.